The van der Waals surface area contributed by atoms with Gasteiger partial charge < -0.3 is 14.6 Å². The molecule has 0 aliphatic carbocycles. The summed E-state index contributed by atoms with van der Waals surface area (Å²) in [5, 5.41) is 8.93. The molecule has 0 unspecified atom stereocenters. The second kappa shape index (κ2) is 7.09. The van der Waals surface area contributed by atoms with E-state index in [4.69, 9.17) is 26.2 Å². The Morgan fingerprint density at radius 1 is 1.38 bits per heavy atom. The molecule has 0 radical (unpaired) electrons. The van der Waals surface area contributed by atoms with E-state index in [2.05, 4.69) is 0 Å². The molecular formula is C11H13ClO4. The Balaban J connectivity index is 2.29. The van der Waals surface area contributed by atoms with Crippen molar-refractivity contribution in [2.24, 2.45) is 0 Å². The van der Waals surface area contributed by atoms with Crippen molar-refractivity contribution in [2.75, 3.05) is 19.8 Å². The van der Waals surface area contributed by atoms with Crippen LogP contribution in [0.4, 0.5) is 0 Å². The summed E-state index contributed by atoms with van der Waals surface area (Å²) in [5.74, 6) is -0.0309. The van der Waals surface area contributed by atoms with Crippen molar-refractivity contribution in [1.82, 2.24) is 0 Å². The summed E-state index contributed by atoms with van der Waals surface area (Å²) in [4.78, 5) is 11.1. The molecule has 16 heavy (non-hydrogen) atoms. The summed E-state index contributed by atoms with van der Waals surface area (Å²) in [5.41, 5.74) is 0. The highest BCUT2D eigenvalue weighted by Gasteiger charge is 2.05. The van der Waals surface area contributed by atoms with Crippen molar-refractivity contribution in [3.8, 4) is 5.75 Å². The minimum absolute atomic E-state index is 0.00134. The Kier molecular flexibility index (Phi) is 5.67. The van der Waals surface area contributed by atoms with Crippen LogP contribution in [0.1, 0.15) is 6.42 Å². The van der Waals surface area contributed by atoms with Gasteiger partial charge in [-0.15, -0.1) is 0 Å². The van der Waals surface area contributed by atoms with Crippen LogP contribution in [0, 0.1) is 0 Å². The van der Waals surface area contributed by atoms with Gasteiger partial charge in [0.15, 0.2) is 6.61 Å². The molecule has 88 valence electrons. The van der Waals surface area contributed by atoms with E-state index in [1.54, 1.807) is 24.3 Å². The van der Waals surface area contributed by atoms with Crippen LogP contribution in [0.25, 0.3) is 0 Å². The van der Waals surface area contributed by atoms with Gasteiger partial charge in [0, 0.05) is 13.0 Å². The zero-order valence-electron chi connectivity index (χ0n) is 8.69. The number of aliphatic hydroxyl groups excluding tert-OH is 1. The fourth-order valence-corrected chi connectivity index (χ4v) is 1.18. The first-order valence-electron chi connectivity index (χ1n) is 4.88. The standard InChI is InChI=1S/C11H13ClO4/c12-9-4-1-2-5-10(9)16-8-11(14)15-7-3-6-13/h1-2,4-5,13H,3,6-8H2. The topological polar surface area (TPSA) is 55.8 Å². The second-order valence-electron chi connectivity index (χ2n) is 3.02. The third-order valence-corrected chi connectivity index (χ3v) is 2.06. The van der Waals surface area contributed by atoms with Gasteiger partial charge in [-0.3, -0.25) is 0 Å². The highest BCUT2D eigenvalue weighted by atomic mass is 35.5. The van der Waals surface area contributed by atoms with E-state index in [0.29, 0.717) is 17.2 Å². The zero-order valence-corrected chi connectivity index (χ0v) is 9.44. The van der Waals surface area contributed by atoms with Crippen molar-refractivity contribution in [3.63, 3.8) is 0 Å². The van der Waals surface area contributed by atoms with Crippen LogP contribution in [0.5, 0.6) is 5.75 Å². The van der Waals surface area contributed by atoms with Gasteiger partial charge in [-0.25, -0.2) is 4.79 Å². The lowest BCUT2D eigenvalue weighted by Gasteiger charge is -2.07. The molecule has 0 spiro atoms. The zero-order chi connectivity index (χ0) is 11.8. The lowest BCUT2D eigenvalue weighted by Crippen LogP contribution is -2.16. The minimum atomic E-state index is -0.478. The van der Waals surface area contributed by atoms with Gasteiger partial charge in [-0.2, -0.15) is 0 Å². The Labute approximate surface area is 98.7 Å². The number of halogens is 1. The number of rotatable bonds is 6. The van der Waals surface area contributed by atoms with E-state index in [1.807, 2.05) is 0 Å². The first kappa shape index (κ1) is 12.8. The van der Waals surface area contributed by atoms with Gasteiger partial charge in [-0.1, -0.05) is 23.7 Å². The third kappa shape index (κ3) is 4.51. The van der Waals surface area contributed by atoms with E-state index in [1.165, 1.54) is 0 Å². The minimum Gasteiger partial charge on any atom is -0.480 e. The molecule has 0 fully saturated rings. The highest BCUT2D eigenvalue weighted by molar-refractivity contribution is 6.32. The summed E-state index contributed by atoms with van der Waals surface area (Å²) in [6, 6.07) is 6.88. The van der Waals surface area contributed by atoms with Crippen molar-refractivity contribution in [2.45, 2.75) is 6.42 Å². The number of para-hydroxylation sites is 1. The van der Waals surface area contributed by atoms with E-state index < -0.39 is 5.97 Å². The molecule has 0 bridgehead atoms. The number of carbonyl (C=O) groups excluding carboxylic acids is 1. The van der Waals surface area contributed by atoms with Gasteiger partial charge >= 0.3 is 5.97 Å². The van der Waals surface area contributed by atoms with E-state index >= 15 is 0 Å². The second-order valence-corrected chi connectivity index (χ2v) is 3.42. The maximum Gasteiger partial charge on any atom is 0.344 e. The Morgan fingerprint density at radius 3 is 2.81 bits per heavy atom. The average Bonchev–Trinajstić information content (AvgIpc) is 2.28. The van der Waals surface area contributed by atoms with E-state index in [9.17, 15) is 4.79 Å². The average molecular weight is 245 g/mol. The quantitative estimate of drug-likeness (QED) is 0.611. The molecule has 5 heteroatoms. The van der Waals surface area contributed by atoms with Crippen LogP contribution in [-0.2, 0) is 9.53 Å². The van der Waals surface area contributed by atoms with Crippen LogP contribution in [0.3, 0.4) is 0 Å². The molecule has 0 amide bonds. The smallest absolute Gasteiger partial charge is 0.344 e. The van der Waals surface area contributed by atoms with Gasteiger partial charge in [0.2, 0.25) is 0 Å². The summed E-state index contributed by atoms with van der Waals surface area (Å²) in [6.45, 7) is 0.00896. The van der Waals surface area contributed by atoms with Crippen LogP contribution in [0.2, 0.25) is 5.02 Å². The molecule has 1 N–H and O–H groups in total. The van der Waals surface area contributed by atoms with Crippen molar-refractivity contribution in [1.29, 1.82) is 0 Å². The molecule has 1 aromatic carbocycles. The maximum atomic E-state index is 11.1. The van der Waals surface area contributed by atoms with Crippen LogP contribution in [-0.4, -0.2) is 30.9 Å². The number of hydrogen-bond acceptors (Lipinski definition) is 4. The lowest BCUT2D eigenvalue weighted by molar-refractivity contribution is -0.146. The van der Waals surface area contributed by atoms with Gasteiger partial charge in [0.05, 0.1) is 11.6 Å². The van der Waals surface area contributed by atoms with Crippen LogP contribution < -0.4 is 4.74 Å². The third-order valence-electron chi connectivity index (χ3n) is 1.75. The molecule has 1 aromatic rings. The highest BCUT2D eigenvalue weighted by Crippen LogP contribution is 2.22. The lowest BCUT2D eigenvalue weighted by atomic mass is 10.3. The Hall–Kier alpha value is -1.26. The fraction of sp³-hybridized carbons (Fsp3) is 0.364. The summed E-state index contributed by atoms with van der Waals surface area (Å²) in [7, 11) is 0. The molecule has 0 aliphatic heterocycles. The number of carbonyl (C=O) groups is 1. The first-order chi connectivity index (χ1) is 7.74. The summed E-state index contributed by atoms with van der Waals surface area (Å²) < 4.78 is 9.94. The summed E-state index contributed by atoms with van der Waals surface area (Å²) in [6.07, 6.45) is 0.428. The predicted molar refractivity (Wildman–Crippen MR) is 59.6 cm³/mol. The van der Waals surface area contributed by atoms with E-state index in [-0.39, 0.29) is 19.8 Å². The molecule has 4 nitrogen and oxygen atoms in total. The molecule has 0 atom stereocenters. The largest absolute Gasteiger partial charge is 0.480 e. The van der Waals surface area contributed by atoms with Crippen molar-refractivity contribution < 1.29 is 19.4 Å². The van der Waals surface area contributed by atoms with Crippen molar-refractivity contribution >= 4 is 17.6 Å². The number of ether oxygens (including phenoxy) is 2. The maximum absolute atomic E-state index is 11.1. The monoisotopic (exact) mass is 244 g/mol. The molecule has 1 rings (SSSR count). The SMILES string of the molecule is O=C(COc1ccccc1Cl)OCCCO. The molecule has 0 heterocycles. The van der Waals surface area contributed by atoms with Gasteiger partial charge in [0.1, 0.15) is 5.75 Å². The molecular weight excluding hydrogens is 232 g/mol. The Morgan fingerprint density at radius 2 is 2.12 bits per heavy atom. The van der Waals surface area contributed by atoms with Gasteiger partial charge in [0.25, 0.3) is 0 Å². The molecule has 0 saturated carbocycles. The van der Waals surface area contributed by atoms with E-state index in [0.717, 1.165) is 0 Å². The molecule has 0 saturated heterocycles. The number of aliphatic hydroxyl groups is 1. The van der Waals surface area contributed by atoms with Gasteiger partial charge in [-0.05, 0) is 12.1 Å². The van der Waals surface area contributed by atoms with Crippen LogP contribution >= 0.6 is 11.6 Å². The fourth-order valence-electron chi connectivity index (χ4n) is 0.991. The summed E-state index contributed by atoms with van der Waals surface area (Å²) >= 11 is 5.82. The molecule has 0 aliphatic rings. The normalized spacial score (nSPS) is 9.88. The Bertz CT molecular complexity index is 341. The first-order valence-corrected chi connectivity index (χ1v) is 5.25. The molecule has 0 aromatic heterocycles. The number of esters is 1. The van der Waals surface area contributed by atoms with Crippen LogP contribution in [0.15, 0.2) is 24.3 Å². The number of hydrogen-bond donors (Lipinski definition) is 1. The van der Waals surface area contributed by atoms with Crippen molar-refractivity contribution in [3.05, 3.63) is 29.3 Å². The predicted octanol–water partition coefficient (Wildman–Crippen LogP) is 1.64. The number of benzene rings is 1.